The number of carbonyl (C=O) groups excluding carboxylic acids is 3. The lowest BCUT2D eigenvalue weighted by atomic mass is 10.1. The van der Waals surface area contributed by atoms with E-state index in [1.165, 1.54) is 18.2 Å². The molecule has 4 rings (SSSR count). The SMILES string of the molecule is Cc1ccc(N2C(=O)NC(=O)C(=Cc3ccc(-c4ccc(F)cc4)o3)C2=O)cc1C. The second-order valence-electron chi connectivity index (χ2n) is 6.94. The maximum absolute atomic E-state index is 13.1. The van der Waals surface area contributed by atoms with Crippen LogP contribution in [0, 0.1) is 19.7 Å². The highest BCUT2D eigenvalue weighted by Crippen LogP contribution is 2.26. The van der Waals surface area contributed by atoms with Gasteiger partial charge >= 0.3 is 6.03 Å². The highest BCUT2D eigenvalue weighted by molar-refractivity contribution is 6.39. The zero-order chi connectivity index (χ0) is 21.4. The number of carbonyl (C=O) groups is 3. The number of anilines is 1. The molecule has 4 amide bonds. The normalized spacial score (nSPS) is 15.6. The van der Waals surface area contributed by atoms with Crippen molar-refractivity contribution < 1.29 is 23.2 Å². The number of imide groups is 2. The van der Waals surface area contributed by atoms with Crippen LogP contribution >= 0.6 is 0 Å². The Morgan fingerprint density at radius 2 is 1.67 bits per heavy atom. The fraction of sp³-hybridized carbons (Fsp3) is 0.0870. The molecule has 7 heteroatoms. The van der Waals surface area contributed by atoms with Crippen molar-refractivity contribution in [3.05, 3.63) is 82.9 Å². The van der Waals surface area contributed by atoms with Gasteiger partial charge in [-0.3, -0.25) is 14.9 Å². The van der Waals surface area contributed by atoms with Gasteiger partial charge in [0, 0.05) is 5.56 Å². The Balaban J connectivity index is 1.67. The maximum atomic E-state index is 13.1. The standard InChI is InChI=1S/C23H17FN2O4/c1-13-3-8-17(11-14(13)2)26-22(28)19(21(27)25-23(26)29)12-18-9-10-20(30-18)15-4-6-16(24)7-5-15/h3-12H,1-2H3,(H,25,27,29). The number of halogens is 1. The molecule has 1 aliphatic heterocycles. The monoisotopic (exact) mass is 404 g/mol. The van der Waals surface area contributed by atoms with Crippen LogP contribution in [0.25, 0.3) is 17.4 Å². The molecular formula is C23H17FN2O4. The van der Waals surface area contributed by atoms with Crippen molar-refractivity contribution in [2.45, 2.75) is 13.8 Å². The van der Waals surface area contributed by atoms with E-state index in [1.807, 2.05) is 13.8 Å². The lowest BCUT2D eigenvalue weighted by Crippen LogP contribution is -2.54. The van der Waals surface area contributed by atoms with Crippen molar-refractivity contribution in [1.29, 1.82) is 0 Å². The zero-order valence-corrected chi connectivity index (χ0v) is 16.2. The van der Waals surface area contributed by atoms with E-state index in [4.69, 9.17) is 4.42 Å². The van der Waals surface area contributed by atoms with E-state index >= 15 is 0 Å². The van der Waals surface area contributed by atoms with Crippen molar-refractivity contribution >= 4 is 29.6 Å². The number of aryl methyl sites for hydroxylation is 2. The van der Waals surface area contributed by atoms with Crippen molar-refractivity contribution in [2.24, 2.45) is 0 Å². The molecule has 1 aromatic heterocycles. The third-order valence-electron chi connectivity index (χ3n) is 4.89. The summed E-state index contributed by atoms with van der Waals surface area (Å²) in [5, 5.41) is 2.18. The largest absolute Gasteiger partial charge is 0.457 e. The van der Waals surface area contributed by atoms with Crippen LogP contribution in [0.15, 0.2) is 64.6 Å². The van der Waals surface area contributed by atoms with Gasteiger partial charge in [-0.25, -0.2) is 14.1 Å². The summed E-state index contributed by atoms with van der Waals surface area (Å²) in [4.78, 5) is 38.5. The van der Waals surface area contributed by atoms with Crippen molar-refractivity contribution in [3.8, 4) is 11.3 Å². The van der Waals surface area contributed by atoms with Crippen LogP contribution < -0.4 is 10.2 Å². The van der Waals surface area contributed by atoms with E-state index in [2.05, 4.69) is 5.32 Å². The quantitative estimate of drug-likeness (QED) is 0.519. The van der Waals surface area contributed by atoms with Crippen molar-refractivity contribution in [2.75, 3.05) is 4.90 Å². The van der Waals surface area contributed by atoms with Gasteiger partial charge < -0.3 is 4.42 Å². The number of nitrogens with one attached hydrogen (secondary N) is 1. The molecule has 1 fully saturated rings. The Hall–Kier alpha value is -4.00. The summed E-state index contributed by atoms with van der Waals surface area (Å²) < 4.78 is 18.8. The summed E-state index contributed by atoms with van der Waals surface area (Å²) in [6, 6.07) is 13.3. The summed E-state index contributed by atoms with van der Waals surface area (Å²) in [7, 11) is 0. The van der Waals surface area contributed by atoms with Gasteiger partial charge in [-0.2, -0.15) is 0 Å². The number of amides is 4. The molecule has 3 aromatic rings. The van der Waals surface area contributed by atoms with Gasteiger partial charge in [0.15, 0.2) is 0 Å². The van der Waals surface area contributed by atoms with Crippen LogP contribution in [0.3, 0.4) is 0 Å². The van der Waals surface area contributed by atoms with E-state index in [-0.39, 0.29) is 17.2 Å². The first-order chi connectivity index (χ1) is 14.3. The predicted octanol–water partition coefficient (Wildman–Crippen LogP) is 4.37. The third kappa shape index (κ3) is 3.53. The van der Waals surface area contributed by atoms with E-state index in [0.29, 0.717) is 17.0 Å². The molecule has 0 atom stereocenters. The molecule has 0 saturated carbocycles. The number of nitrogens with zero attached hydrogens (tertiary/aromatic N) is 1. The Morgan fingerprint density at radius 3 is 2.37 bits per heavy atom. The van der Waals surface area contributed by atoms with Crippen molar-refractivity contribution in [1.82, 2.24) is 5.32 Å². The summed E-state index contributed by atoms with van der Waals surface area (Å²) >= 11 is 0. The molecule has 0 radical (unpaired) electrons. The lowest BCUT2D eigenvalue weighted by molar-refractivity contribution is -0.122. The Kier molecular flexibility index (Phi) is 4.79. The highest BCUT2D eigenvalue weighted by Gasteiger charge is 2.37. The molecule has 1 aliphatic rings. The summed E-state index contributed by atoms with van der Waals surface area (Å²) in [6.45, 7) is 3.79. The number of hydrogen-bond donors (Lipinski definition) is 1. The number of urea groups is 1. The molecule has 0 spiro atoms. The summed E-state index contributed by atoms with van der Waals surface area (Å²) in [6.07, 6.45) is 1.28. The van der Waals surface area contributed by atoms with Gasteiger partial charge in [-0.1, -0.05) is 6.07 Å². The van der Waals surface area contributed by atoms with E-state index in [9.17, 15) is 18.8 Å². The first kappa shape index (κ1) is 19.3. The molecule has 30 heavy (non-hydrogen) atoms. The molecule has 0 aliphatic carbocycles. The minimum absolute atomic E-state index is 0.229. The molecule has 0 bridgehead atoms. The topological polar surface area (TPSA) is 79.6 Å². The van der Waals surface area contributed by atoms with Crippen LogP contribution in [0.1, 0.15) is 16.9 Å². The zero-order valence-electron chi connectivity index (χ0n) is 16.2. The van der Waals surface area contributed by atoms with E-state index in [1.54, 1.807) is 42.5 Å². The second kappa shape index (κ2) is 7.44. The lowest BCUT2D eigenvalue weighted by Gasteiger charge is -2.26. The average molecular weight is 404 g/mol. The second-order valence-corrected chi connectivity index (χ2v) is 6.94. The molecule has 150 valence electrons. The fourth-order valence-electron chi connectivity index (χ4n) is 3.10. The molecule has 1 N–H and O–H groups in total. The summed E-state index contributed by atoms with van der Waals surface area (Å²) in [5.41, 5.74) is 2.70. The average Bonchev–Trinajstić information content (AvgIpc) is 3.17. The Bertz CT molecular complexity index is 1210. The van der Waals surface area contributed by atoms with Gasteiger partial charge in [0.1, 0.15) is 22.9 Å². The molecule has 6 nitrogen and oxygen atoms in total. The van der Waals surface area contributed by atoms with Gasteiger partial charge in [0.2, 0.25) is 0 Å². The molecule has 2 aromatic carbocycles. The van der Waals surface area contributed by atoms with Crippen LogP contribution in [0.4, 0.5) is 14.9 Å². The minimum atomic E-state index is -0.808. The van der Waals surface area contributed by atoms with Crippen LogP contribution in [0.2, 0.25) is 0 Å². The third-order valence-corrected chi connectivity index (χ3v) is 4.89. The number of hydrogen-bond acceptors (Lipinski definition) is 4. The first-order valence-corrected chi connectivity index (χ1v) is 9.18. The maximum Gasteiger partial charge on any atom is 0.335 e. The van der Waals surface area contributed by atoms with Gasteiger partial charge in [0.25, 0.3) is 11.8 Å². The highest BCUT2D eigenvalue weighted by atomic mass is 19.1. The fourth-order valence-corrected chi connectivity index (χ4v) is 3.10. The number of barbiturate groups is 1. The van der Waals surface area contributed by atoms with E-state index in [0.717, 1.165) is 16.0 Å². The predicted molar refractivity (Wildman–Crippen MR) is 109 cm³/mol. The molecule has 2 heterocycles. The van der Waals surface area contributed by atoms with E-state index < -0.39 is 17.8 Å². The smallest absolute Gasteiger partial charge is 0.335 e. The van der Waals surface area contributed by atoms with Gasteiger partial charge in [0.05, 0.1) is 5.69 Å². The molecule has 0 unspecified atom stereocenters. The Labute approximate surface area is 171 Å². The number of rotatable bonds is 3. The molecular weight excluding hydrogens is 387 g/mol. The first-order valence-electron chi connectivity index (χ1n) is 9.18. The molecule has 1 saturated heterocycles. The van der Waals surface area contributed by atoms with Gasteiger partial charge in [-0.15, -0.1) is 0 Å². The van der Waals surface area contributed by atoms with Gasteiger partial charge in [-0.05, 0) is 79.6 Å². The van der Waals surface area contributed by atoms with Crippen LogP contribution in [-0.2, 0) is 9.59 Å². The number of furan rings is 1. The van der Waals surface area contributed by atoms with Crippen LogP contribution in [0.5, 0.6) is 0 Å². The minimum Gasteiger partial charge on any atom is -0.457 e. The Morgan fingerprint density at radius 1 is 0.933 bits per heavy atom. The van der Waals surface area contributed by atoms with Crippen molar-refractivity contribution in [3.63, 3.8) is 0 Å². The summed E-state index contributed by atoms with van der Waals surface area (Å²) in [5.74, 6) is -1.21. The number of benzene rings is 2. The van der Waals surface area contributed by atoms with Crippen LogP contribution in [-0.4, -0.2) is 17.8 Å².